The molecule has 1 aliphatic rings. The summed E-state index contributed by atoms with van der Waals surface area (Å²) >= 11 is 9.10. The van der Waals surface area contributed by atoms with Crippen LogP contribution in [0.25, 0.3) is 0 Å². The number of hydrogen-bond acceptors (Lipinski definition) is 1. The van der Waals surface area contributed by atoms with E-state index in [1.165, 1.54) is 0 Å². The van der Waals surface area contributed by atoms with Crippen LogP contribution < -0.4 is 0 Å². The first-order valence-corrected chi connectivity index (χ1v) is 7.60. The highest BCUT2D eigenvalue weighted by Crippen LogP contribution is 2.57. The van der Waals surface area contributed by atoms with Crippen molar-refractivity contribution in [2.24, 2.45) is 0 Å². The summed E-state index contributed by atoms with van der Waals surface area (Å²) in [5.41, 5.74) is 0.935. The molecule has 1 nitrogen and oxygen atoms in total. The van der Waals surface area contributed by atoms with E-state index in [1.54, 1.807) is 12.1 Å². The SMILES string of the molecule is OC(c1ccc(Br)c(Cl)c1F)C1(c2ccccc2)CC1. The van der Waals surface area contributed by atoms with Crippen molar-refractivity contribution in [1.29, 1.82) is 0 Å². The van der Waals surface area contributed by atoms with Crippen molar-refractivity contribution < 1.29 is 9.50 Å². The summed E-state index contributed by atoms with van der Waals surface area (Å²) in [5.74, 6) is -0.546. The monoisotopic (exact) mass is 354 g/mol. The Bertz CT molecular complexity index is 640. The molecule has 0 amide bonds. The lowest BCUT2D eigenvalue weighted by Gasteiger charge is -2.24. The minimum atomic E-state index is -0.879. The zero-order chi connectivity index (χ0) is 14.3. The minimum Gasteiger partial charge on any atom is -0.387 e. The van der Waals surface area contributed by atoms with Crippen molar-refractivity contribution in [2.75, 3.05) is 0 Å². The van der Waals surface area contributed by atoms with E-state index in [0.29, 0.717) is 4.47 Å². The Morgan fingerprint density at radius 3 is 2.40 bits per heavy atom. The minimum absolute atomic E-state index is 0.0189. The van der Waals surface area contributed by atoms with E-state index >= 15 is 0 Å². The van der Waals surface area contributed by atoms with Crippen LogP contribution in [0.15, 0.2) is 46.9 Å². The average molecular weight is 356 g/mol. The van der Waals surface area contributed by atoms with Gasteiger partial charge in [0.05, 0.1) is 11.1 Å². The van der Waals surface area contributed by atoms with Gasteiger partial charge in [-0.15, -0.1) is 0 Å². The molecule has 1 atom stereocenters. The number of aliphatic hydroxyl groups excluding tert-OH is 1. The molecule has 1 fully saturated rings. The first-order valence-electron chi connectivity index (χ1n) is 6.43. The summed E-state index contributed by atoms with van der Waals surface area (Å²) in [6, 6.07) is 13.0. The van der Waals surface area contributed by atoms with Gasteiger partial charge in [0.1, 0.15) is 5.82 Å². The van der Waals surface area contributed by atoms with Gasteiger partial charge in [-0.25, -0.2) is 4.39 Å². The van der Waals surface area contributed by atoms with Crippen LogP contribution in [-0.2, 0) is 5.41 Å². The standard InChI is InChI=1S/C16H13BrClFO/c17-12-7-6-11(14(19)13(12)18)15(20)16(8-9-16)10-4-2-1-3-5-10/h1-7,15,20H,8-9H2. The van der Waals surface area contributed by atoms with Crippen LogP contribution in [0.5, 0.6) is 0 Å². The van der Waals surface area contributed by atoms with E-state index < -0.39 is 11.9 Å². The molecule has 2 aromatic carbocycles. The van der Waals surface area contributed by atoms with E-state index in [1.807, 2.05) is 30.3 Å². The molecule has 1 unspecified atom stereocenters. The highest BCUT2D eigenvalue weighted by Gasteiger charge is 2.51. The van der Waals surface area contributed by atoms with E-state index in [9.17, 15) is 9.50 Å². The molecule has 1 aliphatic carbocycles. The van der Waals surface area contributed by atoms with Crippen molar-refractivity contribution >= 4 is 27.5 Å². The maximum Gasteiger partial charge on any atom is 0.148 e. The molecule has 104 valence electrons. The Balaban J connectivity index is 2.02. The summed E-state index contributed by atoms with van der Waals surface area (Å²) in [6.07, 6.45) is 0.826. The Morgan fingerprint density at radius 2 is 1.80 bits per heavy atom. The fourth-order valence-electron chi connectivity index (χ4n) is 2.67. The predicted octanol–water partition coefficient (Wildman–Crippen LogP) is 5.01. The molecule has 1 saturated carbocycles. The Labute approximate surface area is 130 Å². The molecule has 1 N–H and O–H groups in total. The summed E-state index contributed by atoms with van der Waals surface area (Å²) in [7, 11) is 0. The molecule has 20 heavy (non-hydrogen) atoms. The Hall–Kier alpha value is -0.900. The van der Waals surface area contributed by atoms with Crippen LogP contribution in [0.4, 0.5) is 4.39 Å². The van der Waals surface area contributed by atoms with E-state index in [4.69, 9.17) is 11.6 Å². The fraction of sp³-hybridized carbons (Fsp3) is 0.250. The summed E-state index contributed by atoms with van der Waals surface area (Å²) in [5, 5.41) is 10.7. The number of aliphatic hydroxyl groups is 1. The summed E-state index contributed by atoms with van der Waals surface area (Å²) < 4.78 is 14.8. The van der Waals surface area contributed by atoms with Crippen molar-refractivity contribution in [3.05, 3.63) is 68.9 Å². The lowest BCUT2D eigenvalue weighted by atomic mass is 9.86. The Kier molecular flexibility index (Phi) is 3.61. The van der Waals surface area contributed by atoms with Crippen LogP contribution >= 0.6 is 27.5 Å². The first-order chi connectivity index (χ1) is 9.56. The second-order valence-electron chi connectivity index (χ2n) is 5.19. The molecular weight excluding hydrogens is 343 g/mol. The smallest absolute Gasteiger partial charge is 0.148 e. The molecule has 0 radical (unpaired) electrons. The van der Waals surface area contributed by atoms with Gasteiger partial charge in [-0.2, -0.15) is 0 Å². The molecule has 0 saturated heterocycles. The lowest BCUT2D eigenvalue weighted by molar-refractivity contribution is 0.129. The molecule has 0 heterocycles. The van der Waals surface area contributed by atoms with E-state index in [2.05, 4.69) is 15.9 Å². The summed E-state index contributed by atoms with van der Waals surface area (Å²) in [4.78, 5) is 0. The summed E-state index contributed by atoms with van der Waals surface area (Å²) in [6.45, 7) is 0. The molecule has 0 aromatic heterocycles. The molecule has 4 heteroatoms. The van der Waals surface area contributed by atoms with E-state index in [0.717, 1.165) is 18.4 Å². The average Bonchev–Trinajstić information content (AvgIpc) is 3.27. The second kappa shape index (κ2) is 5.14. The third-order valence-electron chi connectivity index (χ3n) is 4.02. The number of halogens is 3. The lowest BCUT2D eigenvalue weighted by Crippen LogP contribution is -2.19. The topological polar surface area (TPSA) is 20.2 Å². The number of benzene rings is 2. The normalized spacial score (nSPS) is 17.8. The molecule has 0 aliphatic heterocycles. The molecule has 0 spiro atoms. The van der Waals surface area contributed by atoms with Crippen molar-refractivity contribution in [1.82, 2.24) is 0 Å². The molecule has 3 rings (SSSR count). The number of hydrogen-bond donors (Lipinski definition) is 1. The largest absolute Gasteiger partial charge is 0.387 e. The van der Waals surface area contributed by atoms with Crippen LogP contribution in [-0.4, -0.2) is 5.11 Å². The van der Waals surface area contributed by atoms with Gasteiger partial charge in [-0.3, -0.25) is 0 Å². The predicted molar refractivity (Wildman–Crippen MR) is 81.4 cm³/mol. The van der Waals surface area contributed by atoms with Crippen LogP contribution in [0.2, 0.25) is 5.02 Å². The molecule has 0 bridgehead atoms. The Morgan fingerprint density at radius 1 is 1.15 bits per heavy atom. The van der Waals surface area contributed by atoms with E-state index in [-0.39, 0.29) is 16.0 Å². The van der Waals surface area contributed by atoms with Crippen molar-refractivity contribution in [3.63, 3.8) is 0 Å². The molecular formula is C16H13BrClFO. The van der Waals surface area contributed by atoms with Crippen molar-refractivity contribution in [2.45, 2.75) is 24.4 Å². The third-order valence-corrected chi connectivity index (χ3v) is 5.28. The van der Waals surface area contributed by atoms with Gasteiger partial charge in [0.2, 0.25) is 0 Å². The van der Waals surface area contributed by atoms with Gasteiger partial charge >= 0.3 is 0 Å². The zero-order valence-corrected chi connectivity index (χ0v) is 13.0. The zero-order valence-electron chi connectivity index (χ0n) is 10.6. The quantitative estimate of drug-likeness (QED) is 0.768. The van der Waals surface area contributed by atoms with Gasteiger partial charge in [0.15, 0.2) is 0 Å². The van der Waals surface area contributed by atoms with Gasteiger partial charge < -0.3 is 5.11 Å². The fourth-order valence-corrected chi connectivity index (χ4v) is 3.15. The molecule has 2 aromatic rings. The van der Waals surface area contributed by atoms with Crippen molar-refractivity contribution in [3.8, 4) is 0 Å². The van der Waals surface area contributed by atoms with Crippen LogP contribution in [0, 0.1) is 5.82 Å². The van der Waals surface area contributed by atoms with Gasteiger partial charge in [0, 0.05) is 15.5 Å². The van der Waals surface area contributed by atoms with Crippen LogP contribution in [0.1, 0.15) is 30.1 Å². The van der Waals surface area contributed by atoms with Gasteiger partial charge in [-0.05, 0) is 40.4 Å². The maximum absolute atomic E-state index is 14.3. The third kappa shape index (κ3) is 2.18. The second-order valence-corrected chi connectivity index (χ2v) is 6.42. The highest BCUT2D eigenvalue weighted by atomic mass is 79.9. The number of rotatable bonds is 3. The maximum atomic E-state index is 14.3. The highest BCUT2D eigenvalue weighted by molar-refractivity contribution is 9.10. The first kappa shape index (κ1) is 14.1. The van der Waals surface area contributed by atoms with Gasteiger partial charge in [-0.1, -0.05) is 48.0 Å². The van der Waals surface area contributed by atoms with Gasteiger partial charge in [0.25, 0.3) is 0 Å². The van der Waals surface area contributed by atoms with Crippen LogP contribution in [0.3, 0.4) is 0 Å².